The van der Waals surface area contributed by atoms with E-state index in [1.807, 2.05) is 23.6 Å². The van der Waals surface area contributed by atoms with Crippen molar-refractivity contribution in [2.75, 3.05) is 12.4 Å². The summed E-state index contributed by atoms with van der Waals surface area (Å²) in [5.74, 6) is 0.815. The summed E-state index contributed by atoms with van der Waals surface area (Å²) in [5.41, 5.74) is 2.09. The van der Waals surface area contributed by atoms with Crippen molar-refractivity contribution in [1.29, 1.82) is 0 Å². The average Bonchev–Trinajstić information content (AvgIpc) is 2.91. The summed E-state index contributed by atoms with van der Waals surface area (Å²) in [4.78, 5) is 12.3. The van der Waals surface area contributed by atoms with Gasteiger partial charge in [-0.3, -0.25) is 4.79 Å². The fraction of sp³-hybridized carbons (Fsp3) is 0.312. The van der Waals surface area contributed by atoms with Gasteiger partial charge in [-0.1, -0.05) is 12.1 Å². The molecule has 0 aliphatic rings. The maximum Gasteiger partial charge on any atom is 0.221 e. The zero-order valence-electron chi connectivity index (χ0n) is 12.5. The predicted molar refractivity (Wildman–Crippen MR) is 86.9 cm³/mol. The maximum absolute atomic E-state index is 11.1. The maximum atomic E-state index is 11.1. The van der Waals surface area contributed by atoms with Gasteiger partial charge >= 0.3 is 0 Å². The number of hydrogen-bond donors (Lipinski definition) is 2. The smallest absolute Gasteiger partial charge is 0.221 e. The van der Waals surface area contributed by atoms with Gasteiger partial charge in [0, 0.05) is 24.4 Å². The molecule has 0 saturated heterocycles. The van der Waals surface area contributed by atoms with E-state index in [1.165, 1.54) is 12.5 Å². The number of nitrogens with one attached hydrogen (secondary N) is 2. The second-order valence-electron chi connectivity index (χ2n) is 4.81. The zero-order chi connectivity index (χ0) is 15.2. The molecule has 2 aromatic rings. The van der Waals surface area contributed by atoms with E-state index >= 15 is 0 Å². The van der Waals surface area contributed by atoms with E-state index in [9.17, 15) is 4.79 Å². The van der Waals surface area contributed by atoms with Crippen LogP contribution in [0.5, 0.6) is 5.75 Å². The van der Waals surface area contributed by atoms with Gasteiger partial charge in [0.2, 0.25) is 5.91 Å². The van der Waals surface area contributed by atoms with Crippen molar-refractivity contribution in [3.63, 3.8) is 0 Å². The van der Waals surface area contributed by atoms with E-state index in [4.69, 9.17) is 4.74 Å². The first-order valence-corrected chi connectivity index (χ1v) is 7.69. The second-order valence-corrected chi connectivity index (χ2v) is 5.82. The number of carbonyl (C=O) groups excluding carboxylic acids is 1. The molecule has 0 aliphatic heterocycles. The second kappa shape index (κ2) is 7.24. The van der Waals surface area contributed by atoms with E-state index in [0.29, 0.717) is 0 Å². The highest BCUT2D eigenvalue weighted by Gasteiger charge is 2.09. The van der Waals surface area contributed by atoms with E-state index in [-0.39, 0.29) is 11.9 Å². The number of methoxy groups -OCH3 is 1. The lowest BCUT2D eigenvalue weighted by Gasteiger charge is -2.15. The molecule has 5 heteroatoms. The number of hydrogen-bond acceptors (Lipinski definition) is 4. The number of rotatable bonds is 6. The molecule has 1 amide bonds. The molecule has 0 saturated carbocycles. The lowest BCUT2D eigenvalue weighted by Crippen LogP contribution is -2.18. The lowest BCUT2D eigenvalue weighted by molar-refractivity contribution is -0.114. The van der Waals surface area contributed by atoms with E-state index in [0.717, 1.165) is 22.9 Å². The van der Waals surface area contributed by atoms with Crippen molar-refractivity contribution in [3.05, 3.63) is 46.2 Å². The highest BCUT2D eigenvalue weighted by Crippen LogP contribution is 2.24. The van der Waals surface area contributed by atoms with Crippen LogP contribution in [0.1, 0.15) is 30.3 Å². The standard InChI is InChI=1S/C16H20N2O2S/c1-11(13-4-6-14(20-3)7-5-13)17-10-16-15(8-9-21-16)18-12(2)19/h4-9,11,17H,10H2,1-3H3,(H,18,19)/t11-/m0/s1. The summed E-state index contributed by atoms with van der Waals surface area (Å²) in [5, 5.41) is 8.30. The van der Waals surface area contributed by atoms with Crippen LogP contribution in [0.4, 0.5) is 5.69 Å². The summed E-state index contributed by atoms with van der Waals surface area (Å²) in [6.45, 7) is 4.36. The van der Waals surface area contributed by atoms with Crippen LogP contribution in [-0.4, -0.2) is 13.0 Å². The fourth-order valence-corrected chi connectivity index (χ4v) is 2.82. The van der Waals surface area contributed by atoms with E-state index in [1.54, 1.807) is 18.4 Å². The minimum Gasteiger partial charge on any atom is -0.497 e. The minimum atomic E-state index is -0.0437. The molecule has 2 rings (SSSR count). The van der Waals surface area contributed by atoms with Gasteiger partial charge in [-0.25, -0.2) is 0 Å². The molecule has 21 heavy (non-hydrogen) atoms. The molecule has 1 atom stereocenters. The van der Waals surface area contributed by atoms with Gasteiger partial charge in [0.15, 0.2) is 0 Å². The van der Waals surface area contributed by atoms with Gasteiger partial charge in [0.05, 0.1) is 12.8 Å². The number of benzene rings is 1. The van der Waals surface area contributed by atoms with Crippen molar-refractivity contribution >= 4 is 22.9 Å². The molecule has 2 N–H and O–H groups in total. The molecule has 1 aromatic carbocycles. The molecule has 0 radical (unpaired) electrons. The topological polar surface area (TPSA) is 50.4 Å². The third-order valence-corrected chi connectivity index (χ3v) is 4.16. The van der Waals surface area contributed by atoms with Crippen LogP contribution in [0.25, 0.3) is 0 Å². The van der Waals surface area contributed by atoms with Gasteiger partial charge in [-0.15, -0.1) is 11.3 Å². The molecule has 0 unspecified atom stereocenters. The molecular formula is C16H20N2O2S. The molecule has 0 bridgehead atoms. The van der Waals surface area contributed by atoms with Crippen LogP contribution in [0, 0.1) is 0 Å². The zero-order valence-corrected chi connectivity index (χ0v) is 13.3. The van der Waals surface area contributed by atoms with E-state index < -0.39 is 0 Å². The Bertz CT molecular complexity index is 593. The van der Waals surface area contributed by atoms with Crippen LogP contribution in [-0.2, 0) is 11.3 Å². The average molecular weight is 304 g/mol. The Morgan fingerprint density at radius 3 is 2.62 bits per heavy atom. The van der Waals surface area contributed by atoms with Crippen LogP contribution in [0.2, 0.25) is 0 Å². The summed E-state index contributed by atoms with van der Waals surface area (Å²) in [7, 11) is 1.66. The predicted octanol–water partition coefficient (Wildman–Crippen LogP) is 3.57. The molecule has 1 aromatic heterocycles. The molecule has 0 aliphatic carbocycles. The Labute approximate surface area is 129 Å². The Morgan fingerprint density at radius 2 is 2.00 bits per heavy atom. The largest absolute Gasteiger partial charge is 0.497 e. The summed E-state index contributed by atoms with van der Waals surface area (Å²) < 4.78 is 5.16. The van der Waals surface area contributed by atoms with Crippen LogP contribution in [0.15, 0.2) is 35.7 Å². The van der Waals surface area contributed by atoms with Gasteiger partial charge in [-0.2, -0.15) is 0 Å². The summed E-state index contributed by atoms with van der Waals surface area (Å²) in [6, 6.07) is 10.2. The summed E-state index contributed by atoms with van der Waals surface area (Å²) in [6.07, 6.45) is 0. The van der Waals surface area contributed by atoms with Crippen LogP contribution >= 0.6 is 11.3 Å². The SMILES string of the molecule is COc1ccc([C@H](C)NCc2sccc2NC(C)=O)cc1. The quantitative estimate of drug-likeness (QED) is 0.858. The first-order valence-electron chi connectivity index (χ1n) is 6.81. The molecular weight excluding hydrogens is 284 g/mol. The first kappa shape index (κ1) is 15.5. The van der Waals surface area contributed by atoms with Crippen LogP contribution < -0.4 is 15.4 Å². The number of carbonyl (C=O) groups is 1. The Balaban J connectivity index is 1.95. The molecule has 112 valence electrons. The molecule has 4 nitrogen and oxygen atoms in total. The van der Waals surface area contributed by atoms with Gasteiger partial charge in [0.25, 0.3) is 0 Å². The Morgan fingerprint density at radius 1 is 1.29 bits per heavy atom. The lowest BCUT2D eigenvalue weighted by atomic mass is 10.1. The monoisotopic (exact) mass is 304 g/mol. The third-order valence-electron chi connectivity index (χ3n) is 3.24. The molecule has 1 heterocycles. The van der Waals surface area contributed by atoms with Crippen molar-refractivity contribution in [2.24, 2.45) is 0 Å². The van der Waals surface area contributed by atoms with Crippen molar-refractivity contribution in [3.8, 4) is 5.75 Å². The van der Waals surface area contributed by atoms with Crippen molar-refractivity contribution < 1.29 is 9.53 Å². The minimum absolute atomic E-state index is 0.0437. The van der Waals surface area contributed by atoms with Gasteiger partial charge in [0.1, 0.15) is 5.75 Å². The number of ether oxygens (including phenoxy) is 1. The Kier molecular flexibility index (Phi) is 5.36. The first-order chi connectivity index (χ1) is 10.1. The number of thiophene rings is 1. The third kappa shape index (κ3) is 4.31. The Hall–Kier alpha value is -1.85. The number of anilines is 1. The fourth-order valence-electron chi connectivity index (χ4n) is 2.03. The molecule has 0 fully saturated rings. The normalized spacial score (nSPS) is 12.0. The van der Waals surface area contributed by atoms with E-state index in [2.05, 4.69) is 29.7 Å². The number of amides is 1. The van der Waals surface area contributed by atoms with Crippen LogP contribution in [0.3, 0.4) is 0 Å². The van der Waals surface area contributed by atoms with Crippen molar-refractivity contribution in [1.82, 2.24) is 5.32 Å². The molecule has 0 spiro atoms. The highest BCUT2D eigenvalue weighted by molar-refractivity contribution is 7.10. The highest BCUT2D eigenvalue weighted by atomic mass is 32.1. The van der Waals surface area contributed by atoms with Gasteiger partial charge < -0.3 is 15.4 Å². The summed E-state index contributed by atoms with van der Waals surface area (Å²) >= 11 is 1.64. The van der Waals surface area contributed by atoms with Gasteiger partial charge in [-0.05, 0) is 36.1 Å². The van der Waals surface area contributed by atoms with Crippen molar-refractivity contribution in [2.45, 2.75) is 26.4 Å².